The lowest BCUT2D eigenvalue weighted by Gasteiger charge is -2.42. The highest BCUT2D eigenvalue weighted by Gasteiger charge is 2.59. The Balaban J connectivity index is 1.38. The number of sulfone groups is 1. The summed E-state index contributed by atoms with van der Waals surface area (Å²) in [6.07, 6.45) is -0.562. The monoisotopic (exact) mass is 633 g/mol. The Bertz CT molecular complexity index is 1670. The average molecular weight is 634 g/mol. The molecule has 0 radical (unpaired) electrons. The lowest BCUT2D eigenvalue weighted by atomic mass is 9.80. The van der Waals surface area contributed by atoms with Crippen LogP contribution < -0.4 is 9.64 Å². The van der Waals surface area contributed by atoms with E-state index in [0.717, 1.165) is 0 Å². The van der Waals surface area contributed by atoms with Crippen molar-refractivity contribution in [3.63, 3.8) is 0 Å². The van der Waals surface area contributed by atoms with Crippen molar-refractivity contribution in [2.45, 2.75) is 29.4 Å². The molecule has 1 N–H and O–H groups in total. The number of fused-ring (bicyclic) bond motifs is 3. The highest BCUT2D eigenvalue weighted by molar-refractivity contribution is 7.91. The van der Waals surface area contributed by atoms with Gasteiger partial charge in [0.15, 0.2) is 21.5 Å². The van der Waals surface area contributed by atoms with Crippen LogP contribution in [0.4, 0.5) is 5.69 Å². The van der Waals surface area contributed by atoms with Gasteiger partial charge in [-0.1, -0.05) is 36.4 Å². The number of rotatable bonds is 11. The van der Waals surface area contributed by atoms with Crippen LogP contribution in [0, 0.1) is 0 Å². The number of aliphatic hydroxyl groups excluding tert-OH is 1. The highest BCUT2D eigenvalue weighted by atomic mass is 32.2. The van der Waals surface area contributed by atoms with Crippen molar-refractivity contribution in [2.24, 2.45) is 4.99 Å². The van der Waals surface area contributed by atoms with Crippen LogP contribution in [-0.4, -0.2) is 93.5 Å². The van der Waals surface area contributed by atoms with E-state index in [-0.39, 0.29) is 42.0 Å². The van der Waals surface area contributed by atoms with Crippen LogP contribution in [-0.2, 0) is 28.9 Å². The molecule has 0 saturated carbocycles. The van der Waals surface area contributed by atoms with Crippen molar-refractivity contribution >= 4 is 33.2 Å². The number of carbonyl (C=O) groups is 2. The maximum absolute atomic E-state index is 14.6. The van der Waals surface area contributed by atoms with Crippen LogP contribution in [0.1, 0.15) is 30.1 Å². The first-order chi connectivity index (χ1) is 21.8. The van der Waals surface area contributed by atoms with Crippen LogP contribution in [0.3, 0.4) is 0 Å². The molecule has 0 aromatic heterocycles. The van der Waals surface area contributed by atoms with E-state index >= 15 is 0 Å². The molecule has 1 fully saturated rings. The topological polar surface area (TPSA) is 135 Å². The highest BCUT2D eigenvalue weighted by Crippen LogP contribution is 2.50. The fraction of sp³-hybridized carbons (Fsp3) is 0.364. The van der Waals surface area contributed by atoms with Crippen LogP contribution >= 0.6 is 0 Å². The zero-order valence-corrected chi connectivity index (χ0v) is 25.5. The summed E-state index contributed by atoms with van der Waals surface area (Å²) in [6, 6.07) is 22.3. The van der Waals surface area contributed by atoms with Gasteiger partial charge in [-0.05, 0) is 42.5 Å². The molecule has 0 bridgehead atoms. The van der Waals surface area contributed by atoms with E-state index in [1.807, 2.05) is 12.1 Å². The summed E-state index contributed by atoms with van der Waals surface area (Å²) >= 11 is 0. The molecule has 3 aliphatic heterocycles. The second-order valence-corrected chi connectivity index (χ2v) is 13.2. The van der Waals surface area contributed by atoms with Crippen molar-refractivity contribution in [3.8, 4) is 5.75 Å². The molecule has 3 aromatic rings. The molecular weight excluding hydrogens is 598 g/mol. The van der Waals surface area contributed by atoms with E-state index in [9.17, 15) is 18.0 Å². The zero-order valence-electron chi connectivity index (χ0n) is 24.7. The predicted octanol–water partition coefficient (Wildman–Crippen LogP) is 2.77. The van der Waals surface area contributed by atoms with Gasteiger partial charge in [0.2, 0.25) is 11.8 Å². The summed E-state index contributed by atoms with van der Waals surface area (Å²) in [5.41, 5.74) is 0.129. The molecule has 0 aliphatic carbocycles. The molecule has 12 heteroatoms. The molecule has 2 atom stereocenters. The zero-order chi connectivity index (χ0) is 31.4. The van der Waals surface area contributed by atoms with E-state index in [1.165, 1.54) is 17.0 Å². The number of amides is 2. The smallest absolute Gasteiger partial charge is 0.259 e. The maximum atomic E-state index is 14.6. The fourth-order valence-electron chi connectivity index (χ4n) is 5.87. The van der Waals surface area contributed by atoms with E-state index in [2.05, 4.69) is 0 Å². The molecule has 11 nitrogen and oxygen atoms in total. The molecule has 2 amide bonds. The Labute approximate surface area is 262 Å². The lowest BCUT2D eigenvalue weighted by molar-refractivity contribution is -0.136. The van der Waals surface area contributed by atoms with Gasteiger partial charge in [0.25, 0.3) is 5.91 Å². The van der Waals surface area contributed by atoms with E-state index in [0.29, 0.717) is 61.9 Å². The van der Waals surface area contributed by atoms with Gasteiger partial charge < -0.3 is 29.1 Å². The fourth-order valence-corrected chi connectivity index (χ4v) is 7.26. The molecule has 1 saturated heterocycles. The number of benzene rings is 3. The van der Waals surface area contributed by atoms with Crippen LogP contribution in [0.5, 0.6) is 5.75 Å². The molecule has 45 heavy (non-hydrogen) atoms. The summed E-state index contributed by atoms with van der Waals surface area (Å²) in [4.78, 5) is 36.2. The number of nitrogens with zero attached hydrogens (tertiary/aromatic N) is 3. The van der Waals surface area contributed by atoms with Gasteiger partial charge in [-0.2, -0.15) is 0 Å². The number of anilines is 1. The Kier molecular flexibility index (Phi) is 8.88. The van der Waals surface area contributed by atoms with Gasteiger partial charge in [0, 0.05) is 43.7 Å². The van der Waals surface area contributed by atoms with E-state index < -0.39 is 27.4 Å². The largest absolute Gasteiger partial charge is 0.494 e. The summed E-state index contributed by atoms with van der Waals surface area (Å²) in [7, 11) is -3.78. The minimum absolute atomic E-state index is 0.0246. The first kappa shape index (κ1) is 30.8. The summed E-state index contributed by atoms with van der Waals surface area (Å²) in [5.74, 6) is -0.281. The van der Waals surface area contributed by atoms with E-state index in [4.69, 9.17) is 24.3 Å². The SMILES string of the molecule is O=C(CN1C(=O)[C@]2(CCS(=O)(=O)c3ccccc3)N=C(c3ccc(OCCCO)cc3)O[C@@H]2c2ccccc21)N1CCOCC1. The molecule has 3 heterocycles. The van der Waals surface area contributed by atoms with Crippen LogP contribution in [0.2, 0.25) is 0 Å². The number of hydrogen-bond acceptors (Lipinski definition) is 9. The predicted molar refractivity (Wildman–Crippen MR) is 166 cm³/mol. The van der Waals surface area contributed by atoms with Gasteiger partial charge in [-0.15, -0.1) is 0 Å². The summed E-state index contributed by atoms with van der Waals surface area (Å²) < 4.78 is 44.4. The Morgan fingerprint density at radius 3 is 2.44 bits per heavy atom. The van der Waals surface area contributed by atoms with Crippen molar-refractivity contribution in [1.82, 2.24) is 4.90 Å². The summed E-state index contributed by atoms with van der Waals surface area (Å²) in [5, 5.41) is 9.03. The number of hydrogen-bond donors (Lipinski definition) is 1. The maximum Gasteiger partial charge on any atom is 0.259 e. The molecular formula is C33H35N3O8S. The van der Waals surface area contributed by atoms with Gasteiger partial charge >= 0.3 is 0 Å². The molecule has 236 valence electrons. The van der Waals surface area contributed by atoms with Gasteiger partial charge in [0.05, 0.1) is 36.2 Å². The normalized spacial score (nSPS) is 21.0. The number of aliphatic hydroxyl groups is 1. The quantitative estimate of drug-likeness (QED) is 0.319. The molecule has 3 aliphatic rings. The van der Waals surface area contributed by atoms with Crippen LogP contribution in [0.25, 0.3) is 0 Å². The molecule has 0 spiro atoms. The molecule has 6 rings (SSSR count). The van der Waals surface area contributed by atoms with E-state index in [1.54, 1.807) is 59.5 Å². The second kappa shape index (κ2) is 13.0. The van der Waals surface area contributed by atoms with Crippen LogP contribution in [0.15, 0.2) is 88.8 Å². The Hall–Kier alpha value is -4.26. The van der Waals surface area contributed by atoms with Gasteiger partial charge in [0.1, 0.15) is 12.3 Å². The third-order valence-electron chi connectivity index (χ3n) is 8.27. The second-order valence-electron chi connectivity index (χ2n) is 11.1. The minimum Gasteiger partial charge on any atom is -0.494 e. The Morgan fingerprint density at radius 1 is 1.00 bits per heavy atom. The standard InChI is InChI=1S/C33H35N3O8S/c37-18-6-19-43-25-13-11-24(12-14-25)31-34-33(15-22-45(40,41)26-7-2-1-3-8-26)30(44-31)27-9-4-5-10-28(27)36(32(33)39)23-29(38)35-16-20-42-21-17-35/h1-5,7-14,30,37H,6,15-23H2/t30-,33-/m1/s1. The third kappa shape index (κ3) is 6.18. The van der Waals surface area contributed by atoms with Gasteiger partial charge in [-0.3, -0.25) is 9.59 Å². The van der Waals surface area contributed by atoms with Crippen molar-refractivity contribution in [3.05, 3.63) is 90.0 Å². The first-order valence-electron chi connectivity index (χ1n) is 15.0. The number of ether oxygens (including phenoxy) is 3. The number of carbonyl (C=O) groups excluding carboxylic acids is 2. The number of para-hydroxylation sites is 1. The lowest BCUT2D eigenvalue weighted by Crippen LogP contribution is -2.57. The van der Waals surface area contributed by atoms with Crippen molar-refractivity contribution in [2.75, 3.05) is 56.7 Å². The number of aliphatic imine (C=N–C) groups is 1. The Morgan fingerprint density at radius 2 is 1.71 bits per heavy atom. The third-order valence-corrected chi connectivity index (χ3v) is 10.0. The molecule has 3 aromatic carbocycles. The summed E-state index contributed by atoms with van der Waals surface area (Å²) in [6.45, 7) is 1.86. The number of morpholine rings is 1. The van der Waals surface area contributed by atoms with Crippen molar-refractivity contribution < 1.29 is 37.3 Å². The van der Waals surface area contributed by atoms with Crippen molar-refractivity contribution in [1.29, 1.82) is 0 Å². The first-order valence-corrected chi connectivity index (χ1v) is 16.6. The minimum atomic E-state index is -3.78. The average Bonchev–Trinajstić information content (AvgIpc) is 3.48. The molecule has 0 unspecified atom stereocenters. The van der Waals surface area contributed by atoms with Gasteiger partial charge in [-0.25, -0.2) is 13.4 Å².